The summed E-state index contributed by atoms with van der Waals surface area (Å²) in [5.74, 6) is -0.759. The van der Waals surface area contributed by atoms with Crippen LogP contribution in [-0.2, 0) is 23.7 Å². The van der Waals surface area contributed by atoms with E-state index in [9.17, 15) is 4.79 Å². The van der Waals surface area contributed by atoms with Crippen LogP contribution in [0.5, 0.6) is 0 Å². The van der Waals surface area contributed by atoms with E-state index < -0.39 is 5.97 Å². The lowest BCUT2D eigenvalue weighted by atomic mass is 10.2. The first kappa shape index (κ1) is 22.3. The van der Waals surface area contributed by atoms with Crippen LogP contribution in [-0.4, -0.2) is 70.5 Å². The summed E-state index contributed by atoms with van der Waals surface area (Å²) in [6, 6.07) is 0. The third-order valence-electron chi connectivity index (χ3n) is 3.04. The Morgan fingerprint density at radius 2 is 1.09 bits per heavy atom. The molecule has 0 aliphatic rings. The lowest BCUT2D eigenvalue weighted by molar-refractivity contribution is -0.137. The van der Waals surface area contributed by atoms with Crippen molar-refractivity contribution in [2.75, 3.05) is 59.4 Å². The molecule has 3 N–H and O–H groups in total. The normalized spacial score (nSPS) is 11.0. The monoisotopic (exact) mass is 335 g/mol. The van der Waals surface area contributed by atoms with Crippen molar-refractivity contribution in [1.29, 1.82) is 0 Å². The number of carbonyl (C=O) groups is 1. The quantitative estimate of drug-likeness (QED) is 0.344. The summed E-state index contributed by atoms with van der Waals surface area (Å²) in [5.41, 5.74) is 5.40. The van der Waals surface area contributed by atoms with E-state index in [2.05, 4.69) is 0 Å². The fourth-order valence-corrected chi connectivity index (χ4v) is 1.77. The minimum absolute atomic E-state index is 0.203. The van der Waals surface area contributed by atoms with Crippen LogP contribution in [0, 0.1) is 0 Å². The molecule has 7 nitrogen and oxygen atoms in total. The van der Waals surface area contributed by atoms with E-state index in [0.29, 0.717) is 52.7 Å². The molecule has 0 radical (unpaired) electrons. The van der Waals surface area contributed by atoms with Crippen molar-refractivity contribution in [3.8, 4) is 0 Å². The highest BCUT2D eigenvalue weighted by Gasteiger charge is 1.96. The summed E-state index contributed by atoms with van der Waals surface area (Å²) < 4.78 is 21.5. The Labute approximate surface area is 139 Å². The molecule has 0 unspecified atom stereocenters. The maximum atomic E-state index is 10.3. The Bertz CT molecular complexity index is 253. The maximum absolute atomic E-state index is 10.3. The van der Waals surface area contributed by atoms with E-state index in [-0.39, 0.29) is 6.42 Å². The van der Waals surface area contributed by atoms with Gasteiger partial charge in [0.15, 0.2) is 0 Å². The Kier molecular flexibility index (Phi) is 18.7. The summed E-state index contributed by atoms with van der Waals surface area (Å²) in [5, 5.41) is 8.46. The van der Waals surface area contributed by atoms with Gasteiger partial charge >= 0.3 is 5.97 Å². The van der Waals surface area contributed by atoms with Crippen LogP contribution in [0.3, 0.4) is 0 Å². The molecule has 0 atom stereocenters. The van der Waals surface area contributed by atoms with Crippen molar-refractivity contribution >= 4 is 5.97 Å². The number of hydrogen-bond donors (Lipinski definition) is 2. The minimum Gasteiger partial charge on any atom is -0.481 e. The van der Waals surface area contributed by atoms with Gasteiger partial charge in [0, 0.05) is 19.6 Å². The largest absolute Gasteiger partial charge is 0.481 e. The third kappa shape index (κ3) is 21.3. The van der Waals surface area contributed by atoms with Gasteiger partial charge in [0.1, 0.15) is 0 Å². The van der Waals surface area contributed by atoms with Crippen LogP contribution in [0.2, 0.25) is 0 Å². The number of unbranched alkanes of at least 4 members (excludes halogenated alkanes) is 3. The van der Waals surface area contributed by atoms with Crippen LogP contribution in [0.15, 0.2) is 0 Å². The molecule has 0 fully saturated rings. The fourth-order valence-electron chi connectivity index (χ4n) is 1.77. The molecule has 0 amide bonds. The molecule has 0 spiro atoms. The third-order valence-corrected chi connectivity index (χ3v) is 3.04. The maximum Gasteiger partial charge on any atom is 0.303 e. The van der Waals surface area contributed by atoms with Crippen LogP contribution in [0.1, 0.15) is 38.5 Å². The lowest BCUT2D eigenvalue weighted by Crippen LogP contribution is -2.12. The number of ether oxygens (including phenoxy) is 4. The molecule has 0 aromatic rings. The molecule has 0 aliphatic carbocycles. The standard InChI is InChI=1S/C16H33NO6/c17-7-3-1-4-8-20-10-12-22-14-15-23-13-11-21-9-5-2-6-16(18)19/h1-15,17H2,(H,18,19). The second kappa shape index (κ2) is 19.3. The predicted octanol–water partition coefficient (Wildman–Crippen LogP) is 1.44. The van der Waals surface area contributed by atoms with Gasteiger partial charge in [-0.3, -0.25) is 4.79 Å². The van der Waals surface area contributed by atoms with Crippen molar-refractivity contribution < 1.29 is 28.8 Å². The van der Waals surface area contributed by atoms with Gasteiger partial charge in [-0.2, -0.15) is 0 Å². The van der Waals surface area contributed by atoms with E-state index in [0.717, 1.165) is 38.8 Å². The van der Waals surface area contributed by atoms with Gasteiger partial charge in [0.2, 0.25) is 0 Å². The number of nitrogens with two attached hydrogens (primary N) is 1. The summed E-state index contributed by atoms with van der Waals surface area (Å²) in [7, 11) is 0. The highest BCUT2D eigenvalue weighted by Crippen LogP contribution is 1.96. The van der Waals surface area contributed by atoms with E-state index in [4.69, 9.17) is 29.8 Å². The van der Waals surface area contributed by atoms with Crippen LogP contribution < -0.4 is 5.73 Å². The zero-order valence-corrected chi connectivity index (χ0v) is 14.2. The Hall–Kier alpha value is -0.730. The minimum atomic E-state index is -0.759. The summed E-state index contributed by atoms with van der Waals surface area (Å²) in [4.78, 5) is 10.3. The molecule has 0 rings (SSSR count). The van der Waals surface area contributed by atoms with E-state index in [1.54, 1.807) is 0 Å². The van der Waals surface area contributed by atoms with Gasteiger partial charge in [-0.1, -0.05) is 0 Å². The zero-order chi connectivity index (χ0) is 17.0. The van der Waals surface area contributed by atoms with Gasteiger partial charge in [-0.25, -0.2) is 0 Å². The SMILES string of the molecule is NCCCCCOCCOCCOCCOCCCCC(=O)O. The van der Waals surface area contributed by atoms with Gasteiger partial charge in [-0.05, 0) is 38.6 Å². The van der Waals surface area contributed by atoms with Crippen molar-refractivity contribution in [2.45, 2.75) is 38.5 Å². The smallest absolute Gasteiger partial charge is 0.303 e. The molecule has 0 aromatic carbocycles. The van der Waals surface area contributed by atoms with Crippen molar-refractivity contribution in [2.24, 2.45) is 5.73 Å². The molecule has 0 aromatic heterocycles. The van der Waals surface area contributed by atoms with Crippen molar-refractivity contribution in [1.82, 2.24) is 0 Å². The molecule has 0 saturated heterocycles. The van der Waals surface area contributed by atoms with Gasteiger partial charge < -0.3 is 29.8 Å². The first-order chi connectivity index (χ1) is 11.3. The Morgan fingerprint density at radius 1 is 0.652 bits per heavy atom. The summed E-state index contributed by atoms with van der Waals surface area (Å²) in [6.07, 6.45) is 4.85. The molecule has 0 heterocycles. The molecule has 0 saturated carbocycles. The lowest BCUT2D eigenvalue weighted by Gasteiger charge is -2.07. The number of rotatable bonds is 19. The number of hydrogen-bond acceptors (Lipinski definition) is 6. The van der Waals surface area contributed by atoms with Crippen LogP contribution in [0.25, 0.3) is 0 Å². The van der Waals surface area contributed by atoms with Crippen molar-refractivity contribution in [3.05, 3.63) is 0 Å². The average molecular weight is 335 g/mol. The number of aliphatic carboxylic acids is 1. The second-order valence-electron chi connectivity index (χ2n) is 5.15. The fraction of sp³-hybridized carbons (Fsp3) is 0.938. The Balaban J connectivity index is 2.96. The first-order valence-electron chi connectivity index (χ1n) is 8.50. The number of carboxylic acid groups (broad SMARTS) is 1. The van der Waals surface area contributed by atoms with Crippen molar-refractivity contribution in [3.63, 3.8) is 0 Å². The molecular formula is C16H33NO6. The zero-order valence-electron chi connectivity index (χ0n) is 14.2. The van der Waals surface area contributed by atoms with Gasteiger partial charge in [0.25, 0.3) is 0 Å². The van der Waals surface area contributed by atoms with E-state index in [1.165, 1.54) is 0 Å². The Morgan fingerprint density at radius 3 is 1.52 bits per heavy atom. The topological polar surface area (TPSA) is 100 Å². The molecule has 0 bridgehead atoms. The first-order valence-corrected chi connectivity index (χ1v) is 8.50. The van der Waals surface area contributed by atoms with E-state index in [1.807, 2.05) is 0 Å². The molecule has 23 heavy (non-hydrogen) atoms. The highest BCUT2D eigenvalue weighted by atomic mass is 16.6. The van der Waals surface area contributed by atoms with Crippen LogP contribution in [0.4, 0.5) is 0 Å². The van der Waals surface area contributed by atoms with Crippen LogP contribution >= 0.6 is 0 Å². The molecule has 138 valence electrons. The van der Waals surface area contributed by atoms with Gasteiger partial charge in [-0.15, -0.1) is 0 Å². The molecule has 0 aliphatic heterocycles. The van der Waals surface area contributed by atoms with E-state index >= 15 is 0 Å². The summed E-state index contributed by atoms with van der Waals surface area (Å²) in [6.45, 7) is 5.44. The number of carboxylic acids is 1. The molecular weight excluding hydrogens is 302 g/mol. The summed E-state index contributed by atoms with van der Waals surface area (Å²) >= 11 is 0. The average Bonchev–Trinajstić information content (AvgIpc) is 2.53. The predicted molar refractivity (Wildman–Crippen MR) is 87.7 cm³/mol. The second-order valence-corrected chi connectivity index (χ2v) is 5.15. The van der Waals surface area contributed by atoms with Gasteiger partial charge in [0.05, 0.1) is 39.6 Å². The molecule has 7 heteroatoms. The highest BCUT2D eigenvalue weighted by molar-refractivity contribution is 5.66.